The summed E-state index contributed by atoms with van der Waals surface area (Å²) in [5.41, 5.74) is 5.63. The highest BCUT2D eigenvalue weighted by molar-refractivity contribution is 6.40. The summed E-state index contributed by atoms with van der Waals surface area (Å²) in [6, 6.07) is 16.1. The van der Waals surface area contributed by atoms with Gasteiger partial charge in [0, 0.05) is 5.56 Å². The number of hydrazone groups is 1. The predicted molar refractivity (Wildman–Crippen MR) is 95.7 cm³/mol. The summed E-state index contributed by atoms with van der Waals surface area (Å²) in [4.78, 5) is 25.2. The van der Waals surface area contributed by atoms with Crippen LogP contribution in [0.15, 0.2) is 59.7 Å². The molecular formula is C20H20N2O3. The molecule has 2 aromatic rings. The van der Waals surface area contributed by atoms with Gasteiger partial charge >= 0.3 is 5.97 Å². The molecule has 0 aliphatic carbocycles. The van der Waals surface area contributed by atoms with Crippen molar-refractivity contribution >= 4 is 17.5 Å². The van der Waals surface area contributed by atoms with Crippen molar-refractivity contribution in [3.8, 4) is 0 Å². The molecule has 2 atom stereocenters. The van der Waals surface area contributed by atoms with Crippen molar-refractivity contribution in [3.63, 3.8) is 0 Å². The number of carbonyl (C=O) groups is 2. The number of aryl methyl sites for hydroxylation is 1. The average Bonchev–Trinajstić information content (AvgIpc) is 3.08. The first-order valence-corrected chi connectivity index (χ1v) is 8.28. The number of ether oxygens (including phenoxy) is 1. The maximum Gasteiger partial charge on any atom is 0.355 e. The van der Waals surface area contributed by atoms with Crippen molar-refractivity contribution in [2.75, 3.05) is 6.61 Å². The van der Waals surface area contributed by atoms with Gasteiger partial charge in [-0.05, 0) is 19.4 Å². The molecule has 3 rings (SSSR count). The quantitative estimate of drug-likeness (QED) is 0.673. The second-order valence-electron chi connectivity index (χ2n) is 5.94. The van der Waals surface area contributed by atoms with Crippen molar-refractivity contribution in [2.24, 2.45) is 5.10 Å². The highest BCUT2D eigenvalue weighted by Crippen LogP contribution is 2.29. The summed E-state index contributed by atoms with van der Waals surface area (Å²) < 4.78 is 5.11. The maximum atomic E-state index is 12.9. The van der Waals surface area contributed by atoms with Crippen LogP contribution in [0, 0.1) is 6.92 Å². The van der Waals surface area contributed by atoms with E-state index in [4.69, 9.17) is 4.74 Å². The minimum absolute atomic E-state index is 0.103. The van der Waals surface area contributed by atoms with Crippen LogP contribution < -0.4 is 5.43 Å². The van der Waals surface area contributed by atoms with E-state index in [2.05, 4.69) is 10.5 Å². The van der Waals surface area contributed by atoms with Crippen molar-refractivity contribution in [1.29, 1.82) is 0 Å². The average molecular weight is 336 g/mol. The van der Waals surface area contributed by atoms with E-state index in [0.29, 0.717) is 5.56 Å². The zero-order valence-electron chi connectivity index (χ0n) is 14.2. The number of esters is 1. The van der Waals surface area contributed by atoms with Gasteiger partial charge in [0.25, 0.3) is 0 Å². The van der Waals surface area contributed by atoms with E-state index in [1.165, 1.54) is 0 Å². The summed E-state index contributed by atoms with van der Waals surface area (Å²) in [5, 5.41) is 4.13. The maximum absolute atomic E-state index is 12.9. The molecule has 128 valence electrons. The molecule has 2 aromatic carbocycles. The van der Waals surface area contributed by atoms with Crippen molar-refractivity contribution in [3.05, 3.63) is 71.3 Å². The Morgan fingerprint density at radius 1 is 1.08 bits per heavy atom. The van der Waals surface area contributed by atoms with Gasteiger partial charge in [-0.15, -0.1) is 0 Å². The van der Waals surface area contributed by atoms with Crippen molar-refractivity contribution < 1.29 is 14.3 Å². The minimum atomic E-state index is -0.635. The first-order chi connectivity index (χ1) is 12.1. The monoisotopic (exact) mass is 336 g/mol. The first-order valence-electron chi connectivity index (χ1n) is 8.28. The van der Waals surface area contributed by atoms with Crippen LogP contribution in [-0.4, -0.2) is 30.1 Å². The van der Waals surface area contributed by atoms with E-state index in [1.807, 2.05) is 49.4 Å². The Bertz CT molecular complexity index is 797. The Hall–Kier alpha value is -2.95. The van der Waals surface area contributed by atoms with Gasteiger partial charge in [0.2, 0.25) is 0 Å². The van der Waals surface area contributed by atoms with Crippen LogP contribution in [0.5, 0.6) is 0 Å². The molecule has 25 heavy (non-hydrogen) atoms. The third-order valence-electron chi connectivity index (χ3n) is 4.21. The van der Waals surface area contributed by atoms with E-state index in [0.717, 1.165) is 11.1 Å². The summed E-state index contributed by atoms with van der Waals surface area (Å²) in [6.07, 6.45) is 0. The molecule has 0 fully saturated rings. The zero-order valence-corrected chi connectivity index (χ0v) is 14.2. The van der Waals surface area contributed by atoms with Crippen LogP contribution in [0.2, 0.25) is 0 Å². The summed E-state index contributed by atoms with van der Waals surface area (Å²) in [6.45, 7) is 3.99. The van der Waals surface area contributed by atoms with E-state index in [-0.39, 0.29) is 18.1 Å². The highest BCUT2D eigenvalue weighted by atomic mass is 16.5. The smallest absolute Gasteiger partial charge is 0.355 e. The number of benzene rings is 2. The molecule has 5 heteroatoms. The van der Waals surface area contributed by atoms with E-state index in [1.54, 1.807) is 19.1 Å². The molecule has 0 bridgehead atoms. The lowest BCUT2D eigenvalue weighted by Gasteiger charge is -2.20. The number of Topliss-reactive ketones (excluding diaryl/α,β-unsaturated/α-hetero) is 1. The normalized spacial score (nSPS) is 19.0. The fourth-order valence-corrected chi connectivity index (χ4v) is 2.93. The molecular weight excluding hydrogens is 316 g/mol. The number of hydrogen-bond donors (Lipinski definition) is 1. The first kappa shape index (κ1) is 16.9. The topological polar surface area (TPSA) is 67.8 Å². The van der Waals surface area contributed by atoms with Crippen molar-refractivity contribution in [1.82, 2.24) is 5.43 Å². The highest BCUT2D eigenvalue weighted by Gasteiger charge is 2.41. The van der Waals surface area contributed by atoms with Crippen LogP contribution in [0.1, 0.15) is 34.3 Å². The van der Waals surface area contributed by atoms with Gasteiger partial charge in [-0.3, -0.25) is 10.2 Å². The van der Waals surface area contributed by atoms with Gasteiger partial charge in [0.1, 0.15) is 6.04 Å². The van der Waals surface area contributed by atoms with Crippen LogP contribution in [-0.2, 0) is 9.53 Å². The summed E-state index contributed by atoms with van der Waals surface area (Å²) >= 11 is 0. The predicted octanol–water partition coefficient (Wildman–Crippen LogP) is 2.85. The fourth-order valence-electron chi connectivity index (χ4n) is 2.93. The van der Waals surface area contributed by atoms with Crippen LogP contribution >= 0.6 is 0 Å². The standard InChI is InChI=1S/C20H20N2O3/c1-3-25-20(24)18-16(14-11-9-13(2)10-12-14)17(21-22-18)19(23)15-7-5-4-6-8-15/h4-12,16-17,21H,3H2,1-2H3/t16-,17+/m0/s1. The number of nitrogens with zero attached hydrogens (tertiary/aromatic N) is 1. The lowest BCUT2D eigenvalue weighted by Crippen LogP contribution is -2.37. The van der Waals surface area contributed by atoms with Gasteiger partial charge < -0.3 is 4.74 Å². The third kappa shape index (κ3) is 3.45. The van der Waals surface area contributed by atoms with Gasteiger partial charge in [-0.1, -0.05) is 60.2 Å². The number of rotatable bonds is 5. The Kier molecular flexibility index (Phi) is 4.93. The van der Waals surface area contributed by atoms with E-state index >= 15 is 0 Å². The van der Waals surface area contributed by atoms with E-state index in [9.17, 15) is 9.59 Å². The molecule has 0 amide bonds. The number of carbonyl (C=O) groups excluding carboxylic acids is 2. The Balaban J connectivity index is 1.97. The molecule has 0 saturated heterocycles. The summed E-state index contributed by atoms with van der Waals surface area (Å²) in [7, 11) is 0. The molecule has 0 aromatic heterocycles. The van der Waals surface area contributed by atoms with Gasteiger partial charge in [0.05, 0.1) is 12.5 Å². The Morgan fingerprint density at radius 2 is 1.76 bits per heavy atom. The molecule has 1 aliphatic rings. The molecule has 1 N–H and O–H groups in total. The molecule has 0 unspecified atom stereocenters. The number of ketones is 1. The summed E-state index contributed by atoms with van der Waals surface area (Å²) in [5.74, 6) is -1.08. The molecule has 0 spiro atoms. The van der Waals surface area contributed by atoms with E-state index < -0.39 is 17.9 Å². The fraction of sp³-hybridized carbons (Fsp3) is 0.250. The zero-order chi connectivity index (χ0) is 17.8. The van der Waals surface area contributed by atoms with Crippen molar-refractivity contribution in [2.45, 2.75) is 25.8 Å². The number of nitrogens with one attached hydrogen (secondary N) is 1. The molecule has 0 radical (unpaired) electrons. The molecule has 0 saturated carbocycles. The largest absolute Gasteiger partial charge is 0.461 e. The lowest BCUT2D eigenvalue weighted by molar-refractivity contribution is -0.135. The molecule has 1 aliphatic heterocycles. The second-order valence-corrected chi connectivity index (χ2v) is 5.94. The van der Waals surface area contributed by atoms with Gasteiger partial charge in [0.15, 0.2) is 11.5 Å². The SMILES string of the molecule is CCOC(=O)C1=NN[C@@H](C(=O)c2ccccc2)[C@@H]1c1ccc(C)cc1. The Morgan fingerprint density at radius 3 is 2.40 bits per heavy atom. The molecule has 1 heterocycles. The Labute approximate surface area is 146 Å². The lowest BCUT2D eigenvalue weighted by atomic mass is 9.84. The molecule has 5 nitrogen and oxygen atoms in total. The number of hydrogen-bond acceptors (Lipinski definition) is 5. The van der Waals surface area contributed by atoms with Crippen LogP contribution in [0.25, 0.3) is 0 Å². The third-order valence-corrected chi connectivity index (χ3v) is 4.21. The van der Waals surface area contributed by atoms with Crippen LogP contribution in [0.3, 0.4) is 0 Å². The van der Waals surface area contributed by atoms with Gasteiger partial charge in [-0.2, -0.15) is 5.10 Å². The minimum Gasteiger partial charge on any atom is -0.461 e. The van der Waals surface area contributed by atoms with Gasteiger partial charge in [-0.25, -0.2) is 4.79 Å². The van der Waals surface area contributed by atoms with Crippen LogP contribution in [0.4, 0.5) is 0 Å². The second kappa shape index (κ2) is 7.30.